The van der Waals surface area contributed by atoms with Crippen molar-refractivity contribution in [3.8, 4) is 0 Å². The first kappa shape index (κ1) is 16.0. The molecule has 1 aliphatic heterocycles. The summed E-state index contributed by atoms with van der Waals surface area (Å²) in [6.07, 6.45) is 1.29. The van der Waals surface area contributed by atoms with Crippen LogP contribution in [0, 0.1) is 13.8 Å². The minimum atomic E-state index is -3.52. The van der Waals surface area contributed by atoms with Gasteiger partial charge in [-0.05, 0) is 32.0 Å². The molecule has 1 aromatic heterocycles. The third kappa shape index (κ3) is 3.41. The summed E-state index contributed by atoms with van der Waals surface area (Å²) >= 11 is 0. The van der Waals surface area contributed by atoms with Gasteiger partial charge in [0.05, 0.1) is 17.2 Å². The number of aryl methyl sites for hydroxylation is 2. The van der Waals surface area contributed by atoms with E-state index < -0.39 is 10.0 Å². The van der Waals surface area contributed by atoms with Crippen LogP contribution in [0.5, 0.6) is 0 Å². The second kappa shape index (κ2) is 6.35. The molecular formula is C16H19N3O3S. The zero-order chi connectivity index (χ0) is 16.4. The van der Waals surface area contributed by atoms with E-state index >= 15 is 0 Å². The van der Waals surface area contributed by atoms with Crippen LogP contribution in [0.2, 0.25) is 0 Å². The van der Waals surface area contributed by atoms with E-state index in [1.165, 1.54) is 4.31 Å². The van der Waals surface area contributed by atoms with Crippen molar-refractivity contribution in [3.63, 3.8) is 0 Å². The van der Waals surface area contributed by atoms with E-state index in [4.69, 9.17) is 4.74 Å². The summed E-state index contributed by atoms with van der Waals surface area (Å²) in [4.78, 5) is 8.71. The molecule has 0 bridgehead atoms. The number of nitrogens with zero attached hydrogens (tertiary/aromatic N) is 3. The van der Waals surface area contributed by atoms with Gasteiger partial charge in [-0.3, -0.25) is 0 Å². The number of hydrogen-bond acceptors (Lipinski definition) is 5. The third-order valence-corrected chi connectivity index (χ3v) is 5.69. The maximum Gasteiger partial charge on any atom is 0.243 e. The molecule has 122 valence electrons. The Morgan fingerprint density at radius 1 is 1.17 bits per heavy atom. The second-order valence-electron chi connectivity index (χ2n) is 5.56. The average molecular weight is 333 g/mol. The van der Waals surface area contributed by atoms with Gasteiger partial charge in [-0.2, -0.15) is 4.31 Å². The first-order chi connectivity index (χ1) is 11.0. The molecular weight excluding hydrogens is 314 g/mol. The highest BCUT2D eigenvalue weighted by atomic mass is 32.2. The first-order valence-electron chi connectivity index (χ1n) is 7.45. The summed E-state index contributed by atoms with van der Waals surface area (Å²) < 4.78 is 32.7. The molecule has 1 fully saturated rings. The topological polar surface area (TPSA) is 72.4 Å². The average Bonchev–Trinajstić information content (AvgIpc) is 2.55. The van der Waals surface area contributed by atoms with Gasteiger partial charge in [0.15, 0.2) is 0 Å². The smallest absolute Gasteiger partial charge is 0.243 e. The number of ether oxygens (including phenoxy) is 1. The van der Waals surface area contributed by atoms with E-state index in [0.29, 0.717) is 29.6 Å². The van der Waals surface area contributed by atoms with E-state index in [9.17, 15) is 8.42 Å². The fourth-order valence-corrected chi connectivity index (χ4v) is 3.96. The number of morpholine rings is 1. The Balaban J connectivity index is 1.84. The van der Waals surface area contributed by atoms with Gasteiger partial charge in [0, 0.05) is 19.3 Å². The molecule has 0 radical (unpaired) electrons. The highest BCUT2D eigenvalue weighted by Gasteiger charge is 2.32. The van der Waals surface area contributed by atoms with Crippen LogP contribution in [-0.4, -0.2) is 42.4 Å². The van der Waals surface area contributed by atoms with Crippen molar-refractivity contribution in [2.24, 2.45) is 0 Å². The molecule has 7 heteroatoms. The van der Waals surface area contributed by atoms with Gasteiger partial charge >= 0.3 is 0 Å². The van der Waals surface area contributed by atoms with E-state index in [2.05, 4.69) is 9.97 Å². The predicted octanol–water partition coefficient (Wildman–Crippen LogP) is 1.86. The highest BCUT2D eigenvalue weighted by molar-refractivity contribution is 7.89. The van der Waals surface area contributed by atoms with Crippen molar-refractivity contribution in [2.45, 2.75) is 24.8 Å². The van der Waals surface area contributed by atoms with Crippen LogP contribution in [-0.2, 0) is 14.8 Å². The SMILES string of the molecule is Cc1ccc(S(=O)(=O)N2CCO[C@@H](c3ccnc(C)n3)C2)cc1. The molecule has 0 N–H and O–H groups in total. The lowest BCUT2D eigenvalue weighted by Gasteiger charge is -2.31. The van der Waals surface area contributed by atoms with Gasteiger partial charge in [0.2, 0.25) is 10.0 Å². The van der Waals surface area contributed by atoms with Gasteiger partial charge in [0.1, 0.15) is 11.9 Å². The molecule has 2 aromatic rings. The summed E-state index contributed by atoms with van der Waals surface area (Å²) in [7, 11) is -3.52. The zero-order valence-corrected chi connectivity index (χ0v) is 14.0. The number of sulfonamides is 1. The fraction of sp³-hybridized carbons (Fsp3) is 0.375. The van der Waals surface area contributed by atoms with E-state index in [1.54, 1.807) is 43.5 Å². The van der Waals surface area contributed by atoms with Crippen molar-refractivity contribution < 1.29 is 13.2 Å². The zero-order valence-electron chi connectivity index (χ0n) is 13.1. The fourth-order valence-electron chi connectivity index (χ4n) is 2.54. The van der Waals surface area contributed by atoms with Crippen molar-refractivity contribution in [1.29, 1.82) is 0 Å². The van der Waals surface area contributed by atoms with Gasteiger partial charge in [-0.15, -0.1) is 0 Å². The van der Waals surface area contributed by atoms with Gasteiger partial charge < -0.3 is 4.74 Å². The van der Waals surface area contributed by atoms with Crippen molar-refractivity contribution in [3.05, 3.63) is 53.6 Å². The van der Waals surface area contributed by atoms with Crippen LogP contribution in [0.15, 0.2) is 41.4 Å². The van der Waals surface area contributed by atoms with Crippen molar-refractivity contribution in [2.75, 3.05) is 19.7 Å². The van der Waals surface area contributed by atoms with E-state index in [-0.39, 0.29) is 12.6 Å². The molecule has 0 amide bonds. The molecule has 23 heavy (non-hydrogen) atoms. The van der Waals surface area contributed by atoms with Crippen LogP contribution in [0.25, 0.3) is 0 Å². The van der Waals surface area contributed by atoms with Gasteiger partial charge in [-0.25, -0.2) is 18.4 Å². The standard InChI is InChI=1S/C16H19N3O3S/c1-12-3-5-14(6-4-12)23(20,21)19-9-10-22-16(11-19)15-7-8-17-13(2)18-15/h3-8,16H,9-11H2,1-2H3/t16-/m1/s1. The maximum absolute atomic E-state index is 12.8. The summed E-state index contributed by atoms with van der Waals surface area (Å²) in [6, 6.07) is 8.66. The van der Waals surface area contributed by atoms with Crippen LogP contribution >= 0.6 is 0 Å². The molecule has 0 spiro atoms. The van der Waals surface area contributed by atoms with Crippen LogP contribution in [0.3, 0.4) is 0 Å². The van der Waals surface area contributed by atoms with Crippen molar-refractivity contribution >= 4 is 10.0 Å². The number of hydrogen-bond donors (Lipinski definition) is 0. The van der Waals surface area contributed by atoms with Crippen LogP contribution < -0.4 is 0 Å². The molecule has 2 heterocycles. The molecule has 0 saturated carbocycles. The molecule has 1 aromatic carbocycles. The Bertz CT molecular complexity index is 790. The molecule has 3 rings (SSSR count). The summed E-state index contributed by atoms with van der Waals surface area (Å²) in [6.45, 7) is 4.67. The summed E-state index contributed by atoms with van der Waals surface area (Å²) in [5.41, 5.74) is 1.74. The van der Waals surface area contributed by atoms with Gasteiger partial charge in [-0.1, -0.05) is 17.7 Å². The van der Waals surface area contributed by atoms with Gasteiger partial charge in [0.25, 0.3) is 0 Å². The van der Waals surface area contributed by atoms with Crippen LogP contribution in [0.4, 0.5) is 0 Å². The van der Waals surface area contributed by atoms with E-state index in [1.807, 2.05) is 6.92 Å². The van der Waals surface area contributed by atoms with Crippen molar-refractivity contribution in [1.82, 2.24) is 14.3 Å². The molecule has 1 atom stereocenters. The van der Waals surface area contributed by atoms with Crippen LogP contribution in [0.1, 0.15) is 23.2 Å². The Hall–Kier alpha value is -1.83. The Kier molecular flexibility index (Phi) is 4.43. The lowest BCUT2D eigenvalue weighted by Crippen LogP contribution is -2.42. The Labute approximate surface area is 136 Å². The lowest BCUT2D eigenvalue weighted by molar-refractivity contribution is -0.00509. The minimum Gasteiger partial charge on any atom is -0.369 e. The quantitative estimate of drug-likeness (QED) is 0.857. The molecule has 0 aliphatic carbocycles. The third-order valence-electron chi connectivity index (χ3n) is 3.82. The number of benzene rings is 1. The summed E-state index contributed by atoms with van der Waals surface area (Å²) in [5.74, 6) is 0.643. The number of aromatic nitrogens is 2. The first-order valence-corrected chi connectivity index (χ1v) is 8.89. The normalized spacial score (nSPS) is 19.7. The molecule has 0 unspecified atom stereocenters. The second-order valence-corrected chi connectivity index (χ2v) is 7.50. The monoisotopic (exact) mass is 333 g/mol. The Morgan fingerprint density at radius 3 is 2.61 bits per heavy atom. The largest absolute Gasteiger partial charge is 0.369 e. The number of rotatable bonds is 3. The molecule has 1 saturated heterocycles. The predicted molar refractivity (Wildman–Crippen MR) is 85.4 cm³/mol. The maximum atomic E-state index is 12.8. The lowest BCUT2D eigenvalue weighted by atomic mass is 10.2. The summed E-state index contributed by atoms with van der Waals surface area (Å²) in [5, 5.41) is 0. The highest BCUT2D eigenvalue weighted by Crippen LogP contribution is 2.25. The van der Waals surface area contributed by atoms with E-state index in [0.717, 1.165) is 5.56 Å². The Morgan fingerprint density at radius 2 is 1.91 bits per heavy atom. The molecule has 1 aliphatic rings. The minimum absolute atomic E-state index is 0.257. The molecule has 6 nitrogen and oxygen atoms in total.